The number of anilines is 1. The Kier molecular flexibility index (Phi) is 5.51. The van der Waals surface area contributed by atoms with Gasteiger partial charge in [-0.05, 0) is 37.2 Å². The first kappa shape index (κ1) is 21.4. The van der Waals surface area contributed by atoms with E-state index in [1.807, 2.05) is 6.07 Å². The zero-order valence-electron chi connectivity index (χ0n) is 18.4. The van der Waals surface area contributed by atoms with E-state index in [0.717, 1.165) is 43.1 Å². The van der Waals surface area contributed by atoms with E-state index in [1.54, 1.807) is 0 Å². The number of amides is 1. The lowest BCUT2D eigenvalue weighted by molar-refractivity contribution is 0.0949. The molecule has 3 aromatic rings. The van der Waals surface area contributed by atoms with Crippen LogP contribution in [0.15, 0.2) is 36.7 Å². The van der Waals surface area contributed by atoms with Crippen LogP contribution in [0.3, 0.4) is 0 Å². The van der Waals surface area contributed by atoms with Crippen molar-refractivity contribution < 1.29 is 14.4 Å². The molecule has 1 aliphatic carbocycles. The predicted octanol–water partition coefficient (Wildman–Crippen LogP) is 2.30. The fourth-order valence-electron chi connectivity index (χ4n) is 4.24. The molecule has 2 aromatic heterocycles. The number of benzene rings is 1. The van der Waals surface area contributed by atoms with Crippen LogP contribution in [0.2, 0.25) is 0 Å². The number of aromatic nitrogens is 2. The SMILES string of the molecule is Cc1cc(CNC(=O)c2nc3c(s2)C(=O)c2ccncc2C3=O)ccc1N1CCN(C)CC1. The molecule has 1 aliphatic heterocycles. The van der Waals surface area contributed by atoms with Crippen LogP contribution in [-0.2, 0) is 6.54 Å². The molecule has 0 saturated carbocycles. The lowest BCUT2D eigenvalue weighted by Crippen LogP contribution is -2.44. The number of ketones is 2. The number of hydrogen-bond acceptors (Lipinski definition) is 8. The van der Waals surface area contributed by atoms with Gasteiger partial charge in [-0.1, -0.05) is 12.1 Å². The lowest BCUT2D eigenvalue weighted by atomic mass is 9.93. The molecule has 33 heavy (non-hydrogen) atoms. The number of pyridine rings is 1. The number of piperazine rings is 1. The summed E-state index contributed by atoms with van der Waals surface area (Å²) in [5, 5.41) is 2.97. The van der Waals surface area contributed by atoms with E-state index in [4.69, 9.17) is 0 Å². The topological polar surface area (TPSA) is 95.5 Å². The Morgan fingerprint density at radius 3 is 2.64 bits per heavy atom. The number of likely N-dealkylation sites (N-methyl/N-ethyl adjacent to an activating group) is 1. The summed E-state index contributed by atoms with van der Waals surface area (Å²) in [6.07, 6.45) is 2.84. The third-order valence-electron chi connectivity index (χ3n) is 6.11. The first-order valence-electron chi connectivity index (χ1n) is 10.8. The maximum atomic E-state index is 12.7. The average Bonchev–Trinajstić information content (AvgIpc) is 3.28. The average molecular weight is 462 g/mol. The minimum absolute atomic E-state index is 0.0306. The molecule has 1 amide bonds. The largest absolute Gasteiger partial charge is 0.369 e. The molecule has 9 heteroatoms. The number of nitrogens with zero attached hydrogens (tertiary/aromatic N) is 4. The molecule has 5 rings (SSSR count). The number of aryl methyl sites for hydroxylation is 1. The van der Waals surface area contributed by atoms with Crippen LogP contribution in [0.25, 0.3) is 0 Å². The van der Waals surface area contributed by atoms with Crippen molar-refractivity contribution in [2.75, 3.05) is 38.1 Å². The minimum Gasteiger partial charge on any atom is -0.369 e. The Labute approximate surface area is 195 Å². The van der Waals surface area contributed by atoms with Crippen molar-refractivity contribution in [3.8, 4) is 0 Å². The van der Waals surface area contributed by atoms with E-state index in [2.05, 4.69) is 51.2 Å². The van der Waals surface area contributed by atoms with Crippen molar-refractivity contribution >= 4 is 34.5 Å². The molecule has 2 aliphatic rings. The molecule has 1 fully saturated rings. The summed E-state index contributed by atoms with van der Waals surface area (Å²) >= 11 is 0.954. The van der Waals surface area contributed by atoms with Gasteiger partial charge in [-0.2, -0.15) is 0 Å². The van der Waals surface area contributed by atoms with Crippen molar-refractivity contribution in [2.45, 2.75) is 13.5 Å². The van der Waals surface area contributed by atoms with E-state index in [9.17, 15) is 14.4 Å². The maximum absolute atomic E-state index is 12.7. The maximum Gasteiger partial charge on any atom is 0.280 e. The highest BCUT2D eigenvalue weighted by Crippen LogP contribution is 2.30. The number of rotatable bonds is 4. The molecular weight excluding hydrogens is 438 g/mol. The monoisotopic (exact) mass is 461 g/mol. The molecule has 1 aromatic carbocycles. The highest BCUT2D eigenvalue weighted by atomic mass is 32.1. The molecule has 0 bridgehead atoms. The second-order valence-electron chi connectivity index (χ2n) is 8.37. The molecule has 0 radical (unpaired) electrons. The number of carbonyl (C=O) groups excluding carboxylic acids is 3. The standard InChI is InChI=1S/C24H23N5O3S/c1-14-11-15(3-4-18(14)29-9-7-28(2)8-10-29)12-26-23(32)24-27-19-20(30)17-13-25-6-5-16(17)21(31)22(19)33-24/h3-6,11,13H,7-10,12H2,1-2H3,(H,26,32). The molecule has 1 saturated heterocycles. The molecular formula is C24H23N5O3S. The molecule has 0 atom stereocenters. The van der Waals surface area contributed by atoms with E-state index in [0.29, 0.717) is 12.1 Å². The summed E-state index contributed by atoms with van der Waals surface area (Å²) in [4.78, 5) is 51.2. The van der Waals surface area contributed by atoms with Crippen molar-refractivity contribution in [2.24, 2.45) is 0 Å². The molecule has 0 spiro atoms. The number of hydrogen-bond donors (Lipinski definition) is 1. The van der Waals surface area contributed by atoms with Gasteiger partial charge in [0.15, 0.2) is 5.01 Å². The second-order valence-corrected chi connectivity index (χ2v) is 9.37. The molecule has 8 nitrogen and oxygen atoms in total. The highest BCUT2D eigenvalue weighted by molar-refractivity contribution is 7.16. The summed E-state index contributed by atoms with van der Waals surface area (Å²) in [6.45, 7) is 6.50. The third kappa shape index (κ3) is 3.94. The normalized spacial score (nSPS) is 15.9. The van der Waals surface area contributed by atoms with Crippen LogP contribution < -0.4 is 10.2 Å². The summed E-state index contributed by atoms with van der Waals surface area (Å²) in [7, 11) is 2.14. The van der Waals surface area contributed by atoms with Crippen molar-refractivity contribution in [3.63, 3.8) is 0 Å². The van der Waals surface area contributed by atoms with Crippen LogP contribution in [0.5, 0.6) is 0 Å². The first-order valence-corrected chi connectivity index (χ1v) is 11.6. The van der Waals surface area contributed by atoms with Crippen LogP contribution in [0, 0.1) is 6.92 Å². The van der Waals surface area contributed by atoms with Gasteiger partial charge in [-0.25, -0.2) is 4.98 Å². The second kappa shape index (κ2) is 8.49. The third-order valence-corrected chi connectivity index (χ3v) is 7.16. The van der Waals surface area contributed by atoms with Gasteiger partial charge in [-0.3, -0.25) is 19.4 Å². The summed E-state index contributed by atoms with van der Waals surface area (Å²) < 4.78 is 0. The van der Waals surface area contributed by atoms with E-state index >= 15 is 0 Å². The zero-order chi connectivity index (χ0) is 23.1. The van der Waals surface area contributed by atoms with Crippen LogP contribution in [0.4, 0.5) is 5.69 Å². The van der Waals surface area contributed by atoms with Crippen LogP contribution in [-0.4, -0.2) is 65.6 Å². The van der Waals surface area contributed by atoms with Gasteiger partial charge in [0.25, 0.3) is 5.91 Å². The summed E-state index contributed by atoms with van der Waals surface area (Å²) in [5.41, 5.74) is 3.92. The Hall–Kier alpha value is -3.43. The summed E-state index contributed by atoms with van der Waals surface area (Å²) in [6, 6.07) is 7.72. The van der Waals surface area contributed by atoms with Gasteiger partial charge in [0.05, 0.1) is 5.56 Å². The van der Waals surface area contributed by atoms with Gasteiger partial charge in [0.1, 0.15) is 10.6 Å². The van der Waals surface area contributed by atoms with Crippen LogP contribution >= 0.6 is 11.3 Å². The van der Waals surface area contributed by atoms with E-state index in [-0.39, 0.29) is 32.7 Å². The molecule has 168 valence electrons. The minimum atomic E-state index is -0.405. The molecule has 3 heterocycles. The number of carbonyl (C=O) groups is 3. The Morgan fingerprint density at radius 2 is 1.88 bits per heavy atom. The molecule has 1 N–H and O–H groups in total. The highest BCUT2D eigenvalue weighted by Gasteiger charge is 2.34. The summed E-state index contributed by atoms with van der Waals surface area (Å²) in [5.74, 6) is -1.08. The van der Waals surface area contributed by atoms with Crippen LogP contribution in [0.1, 0.15) is 52.2 Å². The number of thiazole rings is 1. The lowest BCUT2D eigenvalue weighted by Gasteiger charge is -2.35. The Bertz CT molecular complexity index is 1220. The predicted molar refractivity (Wildman–Crippen MR) is 125 cm³/mol. The number of nitrogens with one attached hydrogen (secondary N) is 1. The van der Waals surface area contributed by atoms with E-state index in [1.165, 1.54) is 29.7 Å². The van der Waals surface area contributed by atoms with Crippen molar-refractivity contribution in [3.05, 3.63) is 74.5 Å². The van der Waals surface area contributed by atoms with Gasteiger partial charge in [0, 0.05) is 56.4 Å². The van der Waals surface area contributed by atoms with Crippen molar-refractivity contribution in [1.29, 1.82) is 0 Å². The zero-order valence-corrected chi connectivity index (χ0v) is 19.2. The van der Waals surface area contributed by atoms with E-state index < -0.39 is 5.91 Å². The van der Waals surface area contributed by atoms with Crippen molar-refractivity contribution in [1.82, 2.24) is 20.2 Å². The fourth-order valence-corrected chi connectivity index (χ4v) is 5.17. The quantitative estimate of drug-likeness (QED) is 0.498. The van der Waals surface area contributed by atoms with Gasteiger partial charge < -0.3 is 15.1 Å². The smallest absolute Gasteiger partial charge is 0.280 e. The number of fused-ring (bicyclic) bond motifs is 2. The first-order chi connectivity index (χ1) is 15.9. The fraction of sp³-hybridized carbons (Fsp3) is 0.292. The Morgan fingerprint density at radius 1 is 1.09 bits per heavy atom. The van der Waals surface area contributed by atoms with Gasteiger partial charge in [-0.15, -0.1) is 11.3 Å². The Balaban J connectivity index is 1.28. The van der Waals surface area contributed by atoms with Gasteiger partial charge >= 0.3 is 0 Å². The molecule has 0 unspecified atom stereocenters. The van der Waals surface area contributed by atoms with Gasteiger partial charge in [0.2, 0.25) is 11.6 Å².